The van der Waals surface area contributed by atoms with Gasteiger partial charge in [0.05, 0.1) is 5.69 Å². The molecule has 0 bridgehead atoms. The Morgan fingerprint density at radius 1 is 0.912 bits per heavy atom. The molecule has 2 N–H and O–H groups in total. The number of aromatic nitrogens is 2. The highest BCUT2D eigenvalue weighted by atomic mass is 16.5. The first-order valence-corrected chi connectivity index (χ1v) is 11.1. The number of rotatable bonds is 7. The second kappa shape index (κ2) is 10.8. The van der Waals surface area contributed by atoms with Crippen molar-refractivity contribution in [2.24, 2.45) is 0 Å². The van der Waals surface area contributed by atoms with Gasteiger partial charge in [-0.2, -0.15) is 0 Å². The summed E-state index contributed by atoms with van der Waals surface area (Å²) in [5.74, 6) is 0.933. The van der Waals surface area contributed by atoms with Crippen LogP contribution in [0, 0.1) is 0 Å². The summed E-state index contributed by atoms with van der Waals surface area (Å²) in [4.78, 5) is 28.0. The van der Waals surface area contributed by atoms with Crippen LogP contribution in [-0.2, 0) is 9.59 Å². The third-order valence-corrected chi connectivity index (χ3v) is 5.47. The standard InChI is InChI=1S/C25H28N6O3/c1-18(32)26-21-4-3-5-22(16-21)34-17-25(33)27-20-8-6-19(7-9-20)23-10-11-24(29-28-23)31-14-12-30(2)13-15-31/h3-11,16H,12-15,17H2,1-2H3,(H,26,32)(H,27,33). The smallest absolute Gasteiger partial charge is 0.262 e. The number of piperazine rings is 1. The number of ether oxygens (including phenoxy) is 1. The molecule has 0 unspecified atom stereocenters. The van der Waals surface area contributed by atoms with E-state index < -0.39 is 0 Å². The maximum atomic E-state index is 12.3. The Balaban J connectivity index is 1.29. The number of likely N-dealkylation sites (N-methyl/N-ethyl adjacent to an activating group) is 1. The average molecular weight is 461 g/mol. The molecule has 4 rings (SSSR count). The van der Waals surface area contributed by atoms with Crippen molar-refractivity contribution in [2.45, 2.75) is 6.92 Å². The lowest BCUT2D eigenvalue weighted by atomic mass is 10.1. The molecule has 1 aliphatic rings. The van der Waals surface area contributed by atoms with Crippen molar-refractivity contribution in [1.82, 2.24) is 15.1 Å². The van der Waals surface area contributed by atoms with E-state index in [1.807, 2.05) is 36.4 Å². The van der Waals surface area contributed by atoms with Gasteiger partial charge in [0.15, 0.2) is 12.4 Å². The summed E-state index contributed by atoms with van der Waals surface area (Å²) in [5.41, 5.74) is 2.96. The van der Waals surface area contributed by atoms with Crippen molar-refractivity contribution in [2.75, 3.05) is 55.4 Å². The zero-order valence-corrected chi connectivity index (χ0v) is 19.3. The summed E-state index contributed by atoms with van der Waals surface area (Å²) in [6, 6.07) is 18.3. The first-order chi connectivity index (χ1) is 16.5. The Labute approximate surface area is 198 Å². The molecule has 1 saturated heterocycles. The van der Waals surface area contributed by atoms with Gasteiger partial charge in [-0.25, -0.2) is 0 Å². The molecule has 0 saturated carbocycles. The van der Waals surface area contributed by atoms with Crippen LogP contribution in [0.25, 0.3) is 11.3 Å². The number of nitrogens with one attached hydrogen (secondary N) is 2. The fourth-order valence-electron chi connectivity index (χ4n) is 3.62. The van der Waals surface area contributed by atoms with Gasteiger partial charge in [0.2, 0.25) is 5.91 Å². The largest absolute Gasteiger partial charge is 0.484 e. The second-order valence-corrected chi connectivity index (χ2v) is 8.19. The normalized spacial score (nSPS) is 13.9. The van der Waals surface area contributed by atoms with Gasteiger partial charge in [-0.05, 0) is 43.4 Å². The molecule has 34 heavy (non-hydrogen) atoms. The maximum Gasteiger partial charge on any atom is 0.262 e. The van der Waals surface area contributed by atoms with Crippen molar-refractivity contribution in [1.29, 1.82) is 0 Å². The molecule has 9 heteroatoms. The minimum absolute atomic E-state index is 0.148. The number of carbonyl (C=O) groups is 2. The zero-order valence-electron chi connectivity index (χ0n) is 19.3. The van der Waals surface area contributed by atoms with Gasteiger partial charge in [0, 0.05) is 56.1 Å². The molecule has 2 amide bonds. The van der Waals surface area contributed by atoms with E-state index in [0.29, 0.717) is 17.1 Å². The monoisotopic (exact) mass is 460 g/mol. The number of amides is 2. The molecule has 1 fully saturated rings. The Morgan fingerprint density at radius 3 is 2.35 bits per heavy atom. The SMILES string of the molecule is CC(=O)Nc1cccc(OCC(=O)Nc2ccc(-c3ccc(N4CCN(C)CC4)nn3)cc2)c1. The van der Waals surface area contributed by atoms with Gasteiger partial charge in [-0.3, -0.25) is 9.59 Å². The maximum absolute atomic E-state index is 12.3. The zero-order chi connectivity index (χ0) is 23.9. The Bertz CT molecular complexity index is 1130. The highest BCUT2D eigenvalue weighted by Gasteiger charge is 2.15. The highest BCUT2D eigenvalue weighted by Crippen LogP contribution is 2.22. The van der Waals surface area contributed by atoms with E-state index in [9.17, 15) is 9.59 Å². The molecule has 0 radical (unpaired) electrons. The lowest BCUT2D eigenvalue weighted by molar-refractivity contribution is -0.118. The van der Waals surface area contributed by atoms with E-state index in [-0.39, 0.29) is 18.4 Å². The first-order valence-electron chi connectivity index (χ1n) is 11.1. The third-order valence-electron chi connectivity index (χ3n) is 5.47. The van der Waals surface area contributed by atoms with E-state index in [2.05, 4.69) is 37.7 Å². The summed E-state index contributed by atoms with van der Waals surface area (Å²) < 4.78 is 5.53. The van der Waals surface area contributed by atoms with Gasteiger partial charge >= 0.3 is 0 Å². The summed E-state index contributed by atoms with van der Waals surface area (Å²) in [6.07, 6.45) is 0. The molecule has 9 nitrogen and oxygen atoms in total. The van der Waals surface area contributed by atoms with Crippen LogP contribution in [-0.4, -0.2) is 66.7 Å². The highest BCUT2D eigenvalue weighted by molar-refractivity contribution is 5.92. The topological polar surface area (TPSA) is 99.7 Å². The molecule has 2 aromatic carbocycles. The van der Waals surface area contributed by atoms with Crippen LogP contribution < -0.4 is 20.3 Å². The van der Waals surface area contributed by atoms with Crippen LogP contribution >= 0.6 is 0 Å². The molecule has 0 spiro atoms. The van der Waals surface area contributed by atoms with Gasteiger partial charge in [0.25, 0.3) is 5.91 Å². The molecule has 3 aromatic rings. The van der Waals surface area contributed by atoms with E-state index in [1.165, 1.54) is 6.92 Å². The number of carbonyl (C=O) groups excluding carboxylic acids is 2. The molecule has 2 heterocycles. The van der Waals surface area contributed by atoms with Crippen molar-refractivity contribution in [3.05, 3.63) is 60.7 Å². The van der Waals surface area contributed by atoms with E-state index in [0.717, 1.165) is 43.3 Å². The van der Waals surface area contributed by atoms with Gasteiger partial charge in [-0.1, -0.05) is 18.2 Å². The van der Waals surface area contributed by atoms with Gasteiger partial charge in [0.1, 0.15) is 5.75 Å². The van der Waals surface area contributed by atoms with E-state index >= 15 is 0 Å². The Morgan fingerprint density at radius 2 is 1.68 bits per heavy atom. The minimum atomic E-state index is -0.283. The minimum Gasteiger partial charge on any atom is -0.484 e. The van der Waals surface area contributed by atoms with Crippen molar-refractivity contribution >= 4 is 29.0 Å². The molecule has 1 aliphatic heterocycles. The number of hydrogen-bond donors (Lipinski definition) is 2. The van der Waals surface area contributed by atoms with Crippen LogP contribution in [0.4, 0.5) is 17.2 Å². The van der Waals surface area contributed by atoms with E-state index in [1.54, 1.807) is 24.3 Å². The van der Waals surface area contributed by atoms with Crippen LogP contribution in [0.2, 0.25) is 0 Å². The average Bonchev–Trinajstić information content (AvgIpc) is 2.84. The fraction of sp³-hybridized carbons (Fsp3) is 0.280. The molecule has 0 aliphatic carbocycles. The predicted molar refractivity (Wildman–Crippen MR) is 132 cm³/mol. The fourth-order valence-corrected chi connectivity index (χ4v) is 3.62. The number of nitrogens with zero attached hydrogens (tertiary/aromatic N) is 4. The van der Waals surface area contributed by atoms with E-state index in [4.69, 9.17) is 4.74 Å². The lowest BCUT2D eigenvalue weighted by Crippen LogP contribution is -2.44. The number of anilines is 3. The molecule has 1 aromatic heterocycles. The predicted octanol–water partition coefficient (Wildman–Crippen LogP) is 2.87. The van der Waals surface area contributed by atoms with Crippen LogP contribution in [0.3, 0.4) is 0 Å². The van der Waals surface area contributed by atoms with Crippen LogP contribution in [0.5, 0.6) is 5.75 Å². The molecular weight excluding hydrogens is 432 g/mol. The summed E-state index contributed by atoms with van der Waals surface area (Å²) in [7, 11) is 2.12. The number of hydrogen-bond acceptors (Lipinski definition) is 7. The quantitative estimate of drug-likeness (QED) is 0.559. The second-order valence-electron chi connectivity index (χ2n) is 8.19. The van der Waals surface area contributed by atoms with Crippen molar-refractivity contribution in [3.63, 3.8) is 0 Å². The summed E-state index contributed by atoms with van der Waals surface area (Å²) in [5, 5.41) is 14.3. The van der Waals surface area contributed by atoms with Crippen molar-refractivity contribution < 1.29 is 14.3 Å². The van der Waals surface area contributed by atoms with Crippen molar-refractivity contribution in [3.8, 4) is 17.0 Å². The molecular formula is C25H28N6O3. The first kappa shape index (κ1) is 23.2. The summed E-state index contributed by atoms with van der Waals surface area (Å²) in [6.45, 7) is 5.22. The summed E-state index contributed by atoms with van der Waals surface area (Å²) >= 11 is 0. The van der Waals surface area contributed by atoms with Gasteiger partial charge < -0.3 is 25.2 Å². The molecule has 0 atom stereocenters. The number of benzene rings is 2. The van der Waals surface area contributed by atoms with Crippen LogP contribution in [0.1, 0.15) is 6.92 Å². The third kappa shape index (κ3) is 6.29. The Hall–Kier alpha value is -3.98. The van der Waals surface area contributed by atoms with Gasteiger partial charge in [-0.15, -0.1) is 10.2 Å². The lowest BCUT2D eigenvalue weighted by Gasteiger charge is -2.32. The van der Waals surface area contributed by atoms with Crippen LogP contribution in [0.15, 0.2) is 60.7 Å². The molecule has 176 valence electrons. The Kier molecular flexibility index (Phi) is 7.34.